The molecule has 0 aromatic carbocycles. The highest BCUT2D eigenvalue weighted by atomic mass is 19.1. The van der Waals surface area contributed by atoms with E-state index in [4.69, 9.17) is 5.26 Å². The minimum atomic E-state index is -0.618. The molecule has 1 nitrogen and oxygen atoms in total. The third kappa shape index (κ3) is 5.48. The van der Waals surface area contributed by atoms with Gasteiger partial charge in [0, 0.05) is 6.08 Å². The molecule has 0 atom stereocenters. The van der Waals surface area contributed by atoms with E-state index in [1.165, 1.54) is 36.5 Å². The highest BCUT2D eigenvalue weighted by Gasteiger charge is 2.26. The van der Waals surface area contributed by atoms with E-state index in [-0.39, 0.29) is 5.41 Å². The quantitative estimate of drug-likeness (QED) is 0.452. The van der Waals surface area contributed by atoms with Crippen LogP contribution in [0.3, 0.4) is 0 Å². The first-order valence-corrected chi connectivity index (χ1v) is 7.78. The number of rotatable bonds is 5. The van der Waals surface area contributed by atoms with Gasteiger partial charge >= 0.3 is 0 Å². The minimum Gasteiger partial charge on any atom is -0.246 e. The maximum Gasteiger partial charge on any atom is 0.115 e. The van der Waals surface area contributed by atoms with Crippen molar-refractivity contribution in [3.8, 4) is 6.07 Å². The molecule has 1 aliphatic carbocycles. The maximum atomic E-state index is 12.6. The van der Waals surface area contributed by atoms with Crippen LogP contribution in [0.4, 0.5) is 4.39 Å². The van der Waals surface area contributed by atoms with Crippen molar-refractivity contribution in [2.24, 2.45) is 5.41 Å². The molecule has 0 unspecified atom stereocenters. The van der Waals surface area contributed by atoms with Crippen molar-refractivity contribution in [1.82, 2.24) is 0 Å². The summed E-state index contributed by atoms with van der Waals surface area (Å²) in [6.45, 7) is 8.23. The molecule has 118 valence electrons. The largest absolute Gasteiger partial charge is 0.246 e. The summed E-state index contributed by atoms with van der Waals surface area (Å²) in [5.41, 5.74) is 4.65. The molecule has 0 amide bonds. The normalized spacial score (nSPS) is 20.0. The minimum absolute atomic E-state index is 0.242. The summed E-state index contributed by atoms with van der Waals surface area (Å²) >= 11 is 0. The predicted octanol–water partition coefficient (Wildman–Crippen LogP) is 5.99. The molecule has 0 aromatic rings. The fraction of sp³-hybridized carbons (Fsp3) is 0.450. The second kappa shape index (κ2) is 8.54. The van der Waals surface area contributed by atoms with E-state index < -0.39 is 6.67 Å². The maximum absolute atomic E-state index is 12.6. The van der Waals surface area contributed by atoms with E-state index in [0.29, 0.717) is 5.57 Å². The number of hydrogen-bond donors (Lipinski definition) is 0. The summed E-state index contributed by atoms with van der Waals surface area (Å²) in [5, 5.41) is 8.52. The number of hydrogen-bond acceptors (Lipinski definition) is 1. The summed E-state index contributed by atoms with van der Waals surface area (Å²) in [6.07, 6.45) is 14.6. The monoisotopic (exact) mass is 299 g/mol. The van der Waals surface area contributed by atoms with Crippen LogP contribution in [0.25, 0.3) is 0 Å². The number of allylic oxidation sites excluding steroid dienone is 10. The topological polar surface area (TPSA) is 23.8 Å². The zero-order valence-corrected chi connectivity index (χ0v) is 14.1. The first-order chi connectivity index (χ1) is 10.4. The van der Waals surface area contributed by atoms with Crippen LogP contribution in [0, 0.1) is 16.7 Å². The standard InChI is InChI=1S/C20H26FN/c1-16(7-5-9-18(15-21)12-14-22)10-11-19-17(2)8-6-13-20(19,3)4/h5,7,9-12H,6,8,13,15H2,1-4H3/b9-5+,11-10+,16-7+,18-12-. The molecule has 22 heavy (non-hydrogen) atoms. The van der Waals surface area contributed by atoms with Crippen molar-refractivity contribution in [1.29, 1.82) is 5.26 Å². The Morgan fingerprint density at radius 3 is 2.68 bits per heavy atom. The van der Waals surface area contributed by atoms with Crippen molar-refractivity contribution in [2.45, 2.75) is 47.0 Å². The Labute approximate surface area is 134 Å². The van der Waals surface area contributed by atoms with Crippen molar-refractivity contribution < 1.29 is 4.39 Å². The fourth-order valence-electron chi connectivity index (χ4n) is 2.82. The van der Waals surface area contributed by atoms with Gasteiger partial charge in [-0.15, -0.1) is 0 Å². The molecule has 1 rings (SSSR count). The van der Waals surface area contributed by atoms with Crippen LogP contribution in [-0.2, 0) is 0 Å². The first kappa shape index (κ1) is 18.2. The van der Waals surface area contributed by atoms with Gasteiger partial charge in [0.05, 0.1) is 6.07 Å². The van der Waals surface area contributed by atoms with Gasteiger partial charge in [0.2, 0.25) is 0 Å². The van der Waals surface area contributed by atoms with Crippen LogP contribution in [0.1, 0.15) is 47.0 Å². The highest BCUT2D eigenvalue weighted by molar-refractivity contribution is 5.37. The average Bonchev–Trinajstić information content (AvgIpc) is 2.45. The molecule has 0 bridgehead atoms. The summed E-state index contributed by atoms with van der Waals surface area (Å²) in [4.78, 5) is 0. The Kier molecular flexibility index (Phi) is 7.05. The molecule has 0 N–H and O–H groups in total. The number of alkyl halides is 1. The van der Waals surface area contributed by atoms with E-state index in [9.17, 15) is 4.39 Å². The zero-order valence-electron chi connectivity index (χ0n) is 14.1. The van der Waals surface area contributed by atoms with Crippen molar-refractivity contribution in [3.63, 3.8) is 0 Å². The molecule has 0 spiro atoms. The molecular weight excluding hydrogens is 273 g/mol. The second-order valence-electron chi connectivity index (χ2n) is 6.52. The van der Waals surface area contributed by atoms with E-state index >= 15 is 0 Å². The predicted molar refractivity (Wildman–Crippen MR) is 92.0 cm³/mol. The number of halogens is 1. The van der Waals surface area contributed by atoms with Crippen LogP contribution in [0.15, 0.2) is 58.7 Å². The van der Waals surface area contributed by atoms with Crippen LogP contribution in [0.5, 0.6) is 0 Å². The van der Waals surface area contributed by atoms with Crippen LogP contribution >= 0.6 is 0 Å². The SMILES string of the molecule is CC1=C(/C=C/C(C)=C/C=C/C(=C/C#N)CF)C(C)(C)CCC1. The van der Waals surface area contributed by atoms with Gasteiger partial charge in [-0.2, -0.15) is 5.26 Å². The van der Waals surface area contributed by atoms with E-state index in [1.807, 2.05) is 19.1 Å². The van der Waals surface area contributed by atoms with Crippen molar-refractivity contribution in [2.75, 3.05) is 6.67 Å². The van der Waals surface area contributed by atoms with Gasteiger partial charge < -0.3 is 0 Å². The third-order valence-electron chi connectivity index (χ3n) is 4.13. The van der Waals surface area contributed by atoms with Gasteiger partial charge in [-0.1, -0.05) is 55.4 Å². The smallest absolute Gasteiger partial charge is 0.115 e. The van der Waals surface area contributed by atoms with Crippen molar-refractivity contribution in [3.05, 3.63) is 58.7 Å². The van der Waals surface area contributed by atoms with Gasteiger partial charge in [-0.3, -0.25) is 0 Å². The Bertz CT molecular complexity index is 577. The van der Waals surface area contributed by atoms with Gasteiger partial charge in [0.25, 0.3) is 0 Å². The van der Waals surface area contributed by atoms with Gasteiger partial charge in [-0.05, 0) is 49.7 Å². The number of nitriles is 1. The first-order valence-electron chi connectivity index (χ1n) is 7.78. The lowest BCUT2D eigenvalue weighted by Crippen LogP contribution is -2.19. The molecule has 0 aromatic heterocycles. The molecule has 0 aliphatic heterocycles. The van der Waals surface area contributed by atoms with Gasteiger partial charge in [0.1, 0.15) is 6.67 Å². The van der Waals surface area contributed by atoms with Crippen LogP contribution in [0.2, 0.25) is 0 Å². The fourth-order valence-corrected chi connectivity index (χ4v) is 2.82. The van der Waals surface area contributed by atoms with E-state index in [0.717, 1.165) is 5.57 Å². The molecule has 0 heterocycles. The van der Waals surface area contributed by atoms with Gasteiger partial charge in [0.15, 0.2) is 0 Å². The lowest BCUT2D eigenvalue weighted by Gasteiger charge is -2.32. The number of nitrogens with zero attached hydrogens (tertiary/aromatic N) is 1. The molecule has 0 saturated heterocycles. The zero-order chi connectivity index (χ0) is 16.6. The molecular formula is C20H26FN. The van der Waals surface area contributed by atoms with Gasteiger partial charge in [-0.25, -0.2) is 4.39 Å². The molecule has 0 fully saturated rings. The molecule has 2 heteroatoms. The summed E-state index contributed by atoms with van der Waals surface area (Å²) in [7, 11) is 0. The van der Waals surface area contributed by atoms with E-state index in [1.54, 1.807) is 12.2 Å². The summed E-state index contributed by atoms with van der Waals surface area (Å²) < 4.78 is 12.6. The Hall–Kier alpha value is -1.88. The lowest BCUT2D eigenvalue weighted by atomic mass is 9.72. The average molecular weight is 299 g/mol. The second-order valence-corrected chi connectivity index (χ2v) is 6.52. The molecule has 0 radical (unpaired) electrons. The Morgan fingerprint density at radius 1 is 1.36 bits per heavy atom. The summed E-state index contributed by atoms with van der Waals surface area (Å²) in [5.74, 6) is 0. The third-order valence-corrected chi connectivity index (χ3v) is 4.13. The molecule has 1 aliphatic rings. The lowest BCUT2D eigenvalue weighted by molar-refractivity contribution is 0.377. The van der Waals surface area contributed by atoms with Crippen LogP contribution < -0.4 is 0 Å². The molecule has 0 saturated carbocycles. The van der Waals surface area contributed by atoms with Crippen molar-refractivity contribution >= 4 is 0 Å². The van der Waals surface area contributed by atoms with Crippen LogP contribution in [-0.4, -0.2) is 6.67 Å². The Morgan fingerprint density at radius 2 is 2.09 bits per heavy atom. The highest BCUT2D eigenvalue weighted by Crippen LogP contribution is 2.40. The van der Waals surface area contributed by atoms with E-state index in [2.05, 4.69) is 32.9 Å². The Balaban J connectivity index is 2.82. The summed E-state index contributed by atoms with van der Waals surface area (Å²) in [6, 6.07) is 1.84.